The number of hydrogen-bond donors (Lipinski definition) is 1. The van der Waals surface area contributed by atoms with Gasteiger partial charge in [-0.2, -0.15) is 0 Å². The predicted octanol–water partition coefficient (Wildman–Crippen LogP) is 1.87. The molecule has 4 nitrogen and oxygen atoms in total. The van der Waals surface area contributed by atoms with Gasteiger partial charge in [0.15, 0.2) is 0 Å². The second-order valence-corrected chi connectivity index (χ2v) is 2.75. The van der Waals surface area contributed by atoms with E-state index in [2.05, 4.69) is 15.0 Å². The minimum Gasteiger partial charge on any atom is -0.465 e. The van der Waals surface area contributed by atoms with E-state index in [9.17, 15) is 0 Å². The van der Waals surface area contributed by atoms with Crippen molar-refractivity contribution in [3.63, 3.8) is 0 Å². The predicted molar refractivity (Wildman–Crippen MR) is 53.0 cm³/mol. The topological polar surface area (TPSA) is 50.8 Å². The number of pyridine rings is 1. The Balaban J connectivity index is 2.25. The lowest BCUT2D eigenvalue weighted by atomic mass is 10.3. The monoisotopic (exact) mass is 189 g/mol. The Morgan fingerprint density at radius 3 is 3.00 bits per heavy atom. The molecule has 0 unspecified atom stereocenters. The first-order chi connectivity index (χ1) is 6.90. The third-order valence-electron chi connectivity index (χ3n) is 1.77. The van der Waals surface area contributed by atoms with E-state index in [0.717, 1.165) is 11.4 Å². The normalized spacial score (nSPS) is 10.1. The van der Waals surface area contributed by atoms with Crippen molar-refractivity contribution in [2.45, 2.75) is 6.92 Å². The summed E-state index contributed by atoms with van der Waals surface area (Å²) in [4.78, 5) is 11.3. The van der Waals surface area contributed by atoms with Crippen LogP contribution in [0.4, 0.5) is 0 Å². The lowest BCUT2D eigenvalue weighted by molar-refractivity contribution is 0.316. The smallest absolute Gasteiger partial charge is 0.294 e. The number of imidazole rings is 1. The highest BCUT2D eigenvalue weighted by Crippen LogP contribution is 2.15. The van der Waals surface area contributed by atoms with Crippen LogP contribution in [-0.2, 0) is 0 Å². The van der Waals surface area contributed by atoms with Gasteiger partial charge >= 0.3 is 0 Å². The summed E-state index contributed by atoms with van der Waals surface area (Å²) in [6, 6.07) is 6.27. The van der Waals surface area contributed by atoms with Crippen molar-refractivity contribution in [2.75, 3.05) is 6.61 Å². The summed E-state index contributed by atoms with van der Waals surface area (Å²) in [6.45, 7) is 2.53. The quantitative estimate of drug-likeness (QED) is 0.801. The summed E-state index contributed by atoms with van der Waals surface area (Å²) in [6.07, 6.45) is 3.46. The second-order valence-electron chi connectivity index (χ2n) is 2.75. The van der Waals surface area contributed by atoms with Crippen molar-refractivity contribution in [1.82, 2.24) is 15.0 Å². The summed E-state index contributed by atoms with van der Waals surface area (Å²) in [5.41, 5.74) is 1.74. The average Bonchev–Trinajstić information content (AvgIpc) is 2.68. The molecule has 0 aliphatic carbocycles. The number of aromatic nitrogens is 3. The van der Waals surface area contributed by atoms with Crippen LogP contribution in [0, 0.1) is 0 Å². The molecule has 0 spiro atoms. The first-order valence-electron chi connectivity index (χ1n) is 4.49. The van der Waals surface area contributed by atoms with E-state index < -0.39 is 0 Å². The maximum atomic E-state index is 5.21. The molecule has 2 heterocycles. The van der Waals surface area contributed by atoms with Crippen LogP contribution in [0.5, 0.6) is 6.01 Å². The molecular weight excluding hydrogens is 178 g/mol. The highest BCUT2D eigenvalue weighted by Gasteiger charge is 2.03. The van der Waals surface area contributed by atoms with E-state index in [1.165, 1.54) is 0 Å². The summed E-state index contributed by atoms with van der Waals surface area (Å²) >= 11 is 0. The number of nitrogens with one attached hydrogen (secondary N) is 1. The second kappa shape index (κ2) is 3.91. The first kappa shape index (κ1) is 8.74. The third kappa shape index (κ3) is 1.74. The van der Waals surface area contributed by atoms with E-state index in [1.54, 1.807) is 12.4 Å². The van der Waals surface area contributed by atoms with Crippen LogP contribution in [0.3, 0.4) is 0 Å². The lowest BCUT2D eigenvalue weighted by Gasteiger charge is -1.96. The van der Waals surface area contributed by atoms with Crippen molar-refractivity contribution in [1.29, 1.82) is 0 Å². The van der Waals surface area contributed by atoms with Gasteiger partial charge < -0.3 is 9.72 Å². The molecule has 14 heavy (non-hydrogen) atoms. The Bertz CT molecular complexity index is 397. The molecule has 2 rings (SSSR count). The number of nitrogens with zero attached hydrogens (tertiary/aromatic N) is 2. The number of aromatic amines is 1. The number of H-pyrrole nitrogens is 1. The molecule has 0 atom stereocenters. The van der Waals surface area contributed by atoms with Crippen LogP contribution >= 0.6 is 0 Å². The van der Waals surface area contributed by atoms with Gasteiger partial charge in [-0.15, -0.1) is 0 Å². The fourth-order valence-electron chi connectivity index (χ4n) is 1.17. The van der Waals surface area contributed by atoms with Gasteiger partial charge in [0.05, 0.1) is 24.2 Å². The number of ether oxygens (including phenoxy) is 1. The van der Waals surface area contributed by atoms with Crippen molar-refractivity contribution in [3.05, 3.63) is 30.6 Å². The van der Waals surface area contributed by atoms with Crippen LogP contribution < -0.4 is 4.74 Å². The van der Waals surface area contributed by atoms with Gasteiger partial charge in [-0.25, -0.2) is 4.98 Å². The van der Waals surface area contributed by atoms with Crippen LogP contribution in [0.2, 0.25) is 0 Å². The van der Waals surface area contributed by atoms with Crippen molar-refractivity contribution >= 4 is 0 Å². The Labute approximate surface area is 82.0 Å². The minimum atomic E-state index is 0.535. The van der Waals surface area contributed by atoms with E-state index in [0.29, 0.717) is 12.6 Å². The fraction of sp³-hybridized carbons (Fsp3) is 0.200. The summed E-state index contributed by atoms with van der Waals surface area (Å²) in [5, 5.41) is 0. The molecule has 0 fully saturated rings. The Kier molecular flexibility index (Phi) is 2.44. The zero-order valence-electron chi connectivity index (χ0n) is 7.90. The largest absolute Gasteiger partial charge is 0.465 e. The molecule has 4 heteroatoms. The maximum Gasteiger partial charge on any atom is 0.294 e. The molecule has 0 aromatic carbocycles. The SMILES string of the molecule is CCOc1ncc(-c2ccccn2)[nH]1. The molecule has 72 valence electrons. The summed E-state index contributed by atoms with van der Waals surface area (Å²) < 4.78 is 5.21. The van der Waals surface area contributed by atoms with Crippen LogP contribution in [0.1, 0.15) is 6.92 Å². The van der Waals surface area contributed by atoms with E-state index >= 15 is 0 Å². The van der Waals surface area contributed by atoms with Gasteiger partial charge in [0.25, 0.3) is 6.01 Å². The van der Waals surface area contributed by atoms with Crippen molar-refractivity contribution in [2.24, 2.45) is 0 Å². The first-order valence-corrected chi connectivity index (χ1v) is 4.49. The lowest BCUT2D eigenvalue weighted by Crippen LogP contribution is -1.92. The molecule has 0 amide bonds. The zero-order chi connectivity index (χ0) is 9.80. The van der Waals surface area contributed by atoms with Gasteiger partial charge in [-0.1, -0.05) is 6.07 Å². The minimum absolute atomic E-state index is 0.535. The van der Waals surface area contributed by atoms with Crippen LogP contribution in [-0.4, -0.2) is 21.6 Å². The number of rotatable bonds is 3. The Morgan fingerprint density at radius 2 is 2.29 bits per heavy atom. The highest BCUT2D eigenvalue weighted by molar-refractivity contribution is 5.52. The van der Waals surface area contributed by atoms with Crippen LogP contribution in [0.15, 0.2) is 30.6 Å². The fourth-order valence-corrected chi connectivity index (χ4v) is 1.17. The molecular formula is C10H11N3O. The molecule has 0 saturated heterocycles. The molecule has 1 N–H and O–H groups in total. The van der Waals surface area contributed by atoms with Gasteiger partial charge in [0.1, 0.15) is 0 Å². The average molecular weight is 189 g/mol. The third-order valence-corrected chi connectivity index (χ3v) is 1.77. The molecule has 2 aromatic heterocycles. The molecule has 0 aliphatic heterocycles. The summed E-state index contributed by atoms with van der Waals surface area (Å²) in [7, 11) is 0. The maximum absolute atomic E-state index is 5.21. The molecule has 2 aromatic rings. The zero-order valence-corrected chi connectivity index (χ0v) is 7.90. The highest BCUT2D eigenvalue weighted by atomic mass is 16.5. The van der Waals surface area contributed by atoms with Crippen molar-refractivity contribution in [3.8, 4) is 17.4 Å². The van der Waals surface area contributed by atoms with Crippen LogP contribution in [0.25, 0.3) is 11.4 Å². The molecule has 0 aliphatic rings. The van der Waals surface area contributed by atoms with Crippen molar-refractivity contribution < 1.29 is 4.74 Å². The van der Waals surface area contributed by atoms with E-state index in [1.807, 2.05) is 25.1 Å². The Morgan fingerprint density at radius 1 is 1.36 bits per heavy atom. The van der Waals surface area contributed by atoms with E-state index in [4.69, 9.17) is 4.74 Å². The van der Waals surface area contributed by atoms with Gasteiger partial charge in [-0.05, 0) is 19.1 Å². The number of hydrogen-bond acceptors (Lipinski definition) is 3. The molecule has 0 radical (unpaired) electrons. The van der Waals surface area contributed by atoms with Gasteiger partial charge in [0, 0.05) is 6.20 Å². The molecule has 0 bridgehead atoms. The van der Waals surface area contributed by atoms with Gasteiger partial charge in [0.2, 0.25) is 0 Å². The van der Waals surface area contributed by atoms with E-state index in [-0.39, 0.29) is 0 Å². The summed E-state index contributed by atoms with van der Waals surface area (Å²) in [5.74, 6) is 0. The Hall–Kier alpha value is -1.84. The molecule has 0 saturated carbocycles. The van der Waals surface area contributed by atoms with Gasteiger partial charge in [-0.3, -0.25) is 4.98 Å². The standard InChI is InChI=1S/C10H11N3O/c1-2-14-10-12-7-9(13-10)8-5-3-4-6-11-8/h3-7H,2H2,1H3,(H,12,13).